The largest absolute Gasteiger partial charge is 0.352 e. The number of fused-ring (bicyclic) bond motifs is 5. The van der Waals surface area contributed by atoms with Gasteiger partial charge in [-0.15, -0.1) is 16.4 Å². The smallest absolute Gasteiger partial charge is 0.279 e. The van der Waals surface area contributed by atoms with Gasteiger partial charge in [0, 0.05) is 29.4 Å². The van der Waals surface area contributed by atoms with Gasteiger partial charge in [0.1, 0.15) is 4.83 Å². The van der Waals surface area contributed by atoms with Crippen molar-refractivity contribution in [3.63, 3.8) is 0 Å². The van der Waals surface area contributed by atoms with Crippen molar-refractivity contribution < 1.29 is 0 Å². The molecule has 0 atom stereocenters. The summed E-state index contributed by atoms with van der Waals surface area (Å²) < 4.78 is 3.24. The molecule has 4 aromatic rings. The van der Waals surface area contributed by atoms with E-state index in [2.05, 4.69) is 16.7 Å². The van der Waals surface area contributed by atoms with Crippen LogP contribution >= 0.6 is 11.3 Å². The minimum atomic E-state index is -0.164. The van der Waals surface area contributed by atoms with E-state index in [1.165, 1.54) is 15.0 Å². The van der Waals surface area contributed by atoms with E-state index in [1.807, 2.05) is 19.1 Å². The molecular weight excluding hydrogens is 346 g/mol. The van der Waals surface area contributed by atoms with Crippen molar-refractivity contribution >= 4 is 27.2 Å². The van der Waals surface area contributed by atoms with Gasteiger partial charge in [-0.25, -0.2) is 9.78 Å². The molecule has 26 heavy (non-hydrogen) atoms. The first-order valence-electron chi connectivity index (χ1n) is 8.62. The summed E-state index contributed by atoms with van der Waals surface area (Å²) in [4.78, 5) is 24.3. The van der Waals surface area contributed by atoms with E-state index in [-0.39, 0.29) is 5.69 Å². The van der Waals surface area contributed by atoms with Gasteiger partial charge in [0.25, 0.3) is 0 Å². The van der Waals surface area contributed by atoms with Crippen LogP contribution in [0.3, 0.4) is 0 Å². The normalized spacial score (nSPS) is 13.6. The molecule has 1 aliphatic rings. The maximum atomic E-state index is 13.1. The van der Waals surface area contributed by atoms with Crippen molar-refractivity contribution in [1.82, 2.24) is 24.1 Å². The maximum absolute atomic E-state index is 13.1. The summed E-state index contributed by atoms with van der Waals surface area (Å²) in [5, 5.41) is 5.60. The number of hydrogen-bond acceptors (Lipinski definition) is 5. The number of aromatic nitrogens is 5. The van der Waals surface area contributed by atoms with Crippen molar-refractivity contribution in [3.8, 4) is 11.4 Å². The molecule has 7 heteroatoms. The topological polar surface area (TPSA) is 65.1 Å². The number of thiophene rings is 1. The minimum Gasteiger partial charge on any atom is -0.279 e. The molecule has 0 fully saturated rings. The number of hydrogen-bond donors (Lipinski definition) is 0. The molecule has 0 saturated heterocycles. The first-order valence-corrected chi connectivity index (χ1v) is 9.43. The van der Waals surface area contributed by atoms with E-state index in [0.29, 0.717) is 18.0 Å². The zero-order chi connectivity index (χ0) is 17.8. The summed E-state index contributed by atoms with van der Waals surface area (Å²) in [5.74, 6) is 0.553. The van der Waals surface area contributed by atoms with Crippen LogP contribution in [0.25, 0.3) is 27.3 Å². The molecule has 0 radical (unpaired) electrons. The lowest BCUT2D eigenvalue weighted by Crippen LogP contribution is -2.27. The van der Waals surface area contributed by atoms with Gasteiger partial charge >= 0.3 is 5.69 Å². The fraction of sp³-hybridized carbons (Fsp3) is 0.263. The van der Waals surface area contributed by atoms with Gasteiger partial charge in [-0.2, -0.15) is 4.52 Å². The molecule has 4 heterocycles. The fourth-order valence-corrected chi connectivity index (χ4v) is 5.03. The van der Waals surface area contributed by atoms with Crippen molar-refractivity contribution in [2.24, 2.45) is 0 Å². The van der Waals surface area contributed by atoms with Gasteiger partial charge in [0.2, 0.25) is 0 Å². The molecule has 0 saturated carbocycles. The Kier molecular flexibility index (Phi) is 3.33. The molecule has 0 aliphatic heterocycles. The Morgan fingerprint density at radius 1 is 1.31 bits per heavy atom. The van der Waals surface area contributed by atoms with Crippen LogP contribution in [0.15, 0.2) is 41.5 Å². The summed E-state index contributed by atoms with van der Waals surface area (Å²) in [6, 6.07) is 3.72. The predicted molar refractivity (Wildman–Crippen MR) is 103 cm³/mol. The molecule has 0 amide bonds. The van der Waals surface area contributed by atoms with Crippen LogP contribution in [-0.2, 0) is 19.4 Å². The molecular formula is C19H17N5OS. The molecule has 1 aliphatic carbocycles. The van der Waals surface area contributed by atoms with Gasteiger partial charge < -0.3 is 0 Å². The Labute approximate surface area is 153 Å². The first kappa shape index (κ1) is 15.5. The average molecular weight is 363 g/mol. The number of aryl methyl sites for hydroxylation is 2. The summed E-state index contributed by atoms with van der Waals surface area (Å²) in [7, 11) is 0. The molecule has 0 bridgehead atoms. The van der Waals surface area contributed by atoms with Crippen molar-refractivity contribution in [3.05, 3.63) is 57.6 Å². The number of allylic oxidation sites excluding steroid dienone is 1. The molecule has 0 N–H and O–H groups in total. The highest BCUT2D eigenvalue weighted by atomic mass is 32.1. The Bertz CT molecular complexity index is 1230. The lowest BCUT2D eigenvalue weighted by molar-refractivity contribution is 0.713. The highest BCUT2D eigenvalue weighted by Gasteiger charge is 2.25. The third-order valence-corrected chi connectivity index (χ3v) is 6.07. The van der Waals surface area contributed by atoms with E-state index < -0.39 is 0 Å². The van der Waals surface area contributed by atoms with Crippen LogP contribution in [0.4, 0.5) is 0 Å². The molecule has 4 aromatic heterocycles. The summed E-state index contributed by atoms with van der Waals surface area (Å²) >= 11 is 1.72. The van der Waals surface area contributed by atoms with Crippen molar-refractivity contribution in [1.29, 1.82) is 0 Å². The second kappa shape index (κ2) is 5.60. The molecule has 0 unspecified atom stereocenters. The van der Waals surface area contributed by atoms with Crippen LogP contribution in [0.1, 0.15) is 23.8 Å². The van der Waals surface area contributed by atoms with Crippen molar-refractivity contribution in [2.75, 3.05) is 0 Å². The summed E-state index contributed by atoms with van der Waals surface area (Å²) in [5.41, 5.74) is 3.63. The van der Waals surface area contributed by atoms with Crippen LogP contribution in [0.2, 0.25) is 0 Å². The number of rotatable bonds is 3. The Morgan fingerprint density at radius 3 is 2.88 bits per heavy atom. The third kappa shape index (κ3) is 2.17. The van der Waals surface area contributed by atoms with Gasteiger partial charge in [-0.05, 0) is 43.9 Å². The van der Waals surface area contributed by atoms with E-state index in [1.54, 1.807) is 28.3 Å². The van der Waals surface area contributed by atoms with Crippen LogP contribution in [-0.4, -0.2) is 24.1 Å². The lowest BCUT2D eigenvalue weighted by atomic mass is 10.2. The molecule has 5 rings (SSSR count). The fourth-order valence-electron chi connectivity index (χ4n) is 3.65. The zero-order valence-electron chi connectivity index (χ0n) is 14.4. The number of nitrogens with zero attached hydrogens (tertiary/aromatic N) is 5. The van der Waals surface area contributed by atoms with Gasteiger partial charge in [-0.3, -0.25) is 9.55 Å². The molecule has 130 valence electrons. The molecule has 6 nitrogen and oxygen atoms in total. The van der Waals surface area contributed by atoms with E-state index in [4.69, 9.17) is 4.98 Å². The summed E-state index contributed by atoms with van der Waals surface area (Å²) in [6.45, 7) is 6.42. The Hall–Kier alpha value is -2.80. The van der Waals surface area contributed by atoms with Gasteiger partial charge in [0.15, 0.2) is 11.5 Å². The monoisotopic (exact) mass is 363 g/mol. The lowest BCUT2D eigenvalue weighted by Gasteiger charge is -2.08. The quantitative estimate of drug-likeness (QED) is 0.524. The third-order valence-electron chi connectivity index (χ3n) is 4.76. The zero-order valence-corrected chi connectivity index (χ0v) is 15.2. The highest BCUT2D eigenvalue weighted by Crippen LogP contribution is 2.38. The van der Waals surface area contributed by atoms with E-state index in [9.17, 15) is 4.79 Å². The predicted octanol–water partition coefficient (Wildman–Crippen LogP) is 3.23. The Balaban J connectivity index is 1.90. The minimum absolute atomic E-state index is 0.164. The SMILES string of the molecule is C=C(C)Cn1c(=O)n2nc(-c3ccncc3)nc2c2c3c(sc21)CCC3. The van der Waals surface area contributed by atoms with Crippen LogP contribution in [0, 0.1) is 0 Å². The highest BCUT2D eigenvalue weighted by molar-refractivity contribution is 7.19. The van der Waals surface area contributed by atoms with Crippen molar-refractivity contribution in [2.45, 2.75) is 32.7 Å². The standard InChI is InChI=1S/C19H17N5OS/c1-11(2)10-23-18-15(13-4-3-5-14(13)26-18)17-21-16(22-24(17)19(23)25)12-6-8-20-9-7-12/h6-9H,1,3-5,10H2,2H3. The summed E-state index contributed by atoms with van der Waals surface area (Å²) in [6.07, 6.45) is 6.69. The second-order valence-corrected chi connectivity index (χ2v) is 7.85. The first-order chi connectivity index (χ1) is 12.6. The van der Waals surface area contributed by atoms with Crippen LogP contribution < -0.4 is 5.69 Å². The van der Waals surface area contributed by atoms with E-state index >= 15 is 0 Å². The second-order valence-electron chi connectivity index (χ2n) is 6.77. The van der Waals surface area contributed by atoms with Crippen LogP contribution in [0.5, 0.6) is 0 Å². The average Bonchev–Trinajstić information content (AvgIpc) is 3.32. The maximum Gasteiger partial charge on any atom is 0.352 e. The van der Waals surface area contributed by atoms with Gasteiger partial charge in [-0.1, -0.05) is 12.2 Å². The number of pyridine rings is 1. The van der Waals surface area contributed by atoms with Gasteiger partial charge in [0.05, 0.1) is 5.39 Å². The molecule has 0 aromatic carbocycles. The van der Waals surface area contributed by atoms with E-state index in [0.717, 1.165) is 40.6 Å². The molecule has 0 spiro atoms. The Morgan fingerprint density at radius 2 is 2.12 bits per heavy atom.